The summed E-state index contributed by atoms with van der Waals surface area (Å²) in [7, 11) is 0. The molecular formula is C22H18FNO3. The summed E-state index contributed by atoms with van der Waals surface area (Å²) < 4.78 is 18.5. The lowest BCUT2D eigenvalue weighted by Crippen LogP contribution is -2.30. The number of halogens is 1. The number of carbonyl (C=O) groups excluding carboxylic acids is 2. The molecule has 0 fully saturated rings. The summed E-state index contributed by atoms with van der Waals surface area (Å²) in [5.74, 6) is -0.591. The number of hydrogen-bond acceptors (Lipinski definition) is 3. The summed E-state index contributed by atoms with van der Waals surface area (Å²) in [5, 5.41) is 2.73. The number of anilines is 1. The van der Waals surface area contributed by atoms with Crippen molar-refractivity contribution in [3.8, 4) is 5.75 Å². The van der Waals surface area contributed by atoms with Crippen LogP contribution in [-0.2, 0) is 4.79 Å². The normalized spacial score (nSPS) is 11.5. The van der Waals surface area contributed by atoms with E-state index in [9.17, 15) is 14.0 Å². The molecule has 0 aliphatic carbocycles. The molecule has 0 spiro atoms. The number of rotatable bonds is 6. The van der Waals surface area contributed by atoms with Gasteiger partial charge in [0.05, 0.1) is 5.69 Å². The first-order valence-electron chi connectivity index (χ1n) is 8.46. The van der Waals surface area contributed by atoms with Gasteiger partial charge in [0.1, 0.15) is 11.6 Å². The van der Waals surface area contributed by atoms with Crippen LogP contribution in [0.25, 0.3) is 0 Å². The molecule has 0 unspecified atom stereocenters. The molecule has 1 N–H and O–H groups in total. The van der Waals surface area contributed by atoms with E-state index in [1.165, 1.54) is 24.3 Å². The van der Waals surface area contributed by atoms with Gasteiger partial charge in [-0.15, -0.1) is 0 Å². The van der Waals surface area contributed by atoms with Crippen molar-refractivity contribution in [1.29, 1.82) is 0 Å². The molecule has 0 bridgehead atoms. The molecule has 0 saturated carbocycles. The Labute approximate surface area is 156 Å². The largest absolute Gasteiger partial charge is 0.481 e. The molecule has 1 atom stereocenters. The zero-order valence-corrected chi connectivity index (χ0v) is 14.7. The highest BCUT2D eigenvalue weighted by Gasteiger charge is 2.19. The maximum atomic E-state index is 13.0. The van der Waals surface area contributed by atoms with Gasteiger partial charge in [0.25, 0.3) is 5.91 Å². The Morgan fingerprint density at radius 3 is 2.22 bits per heavy atom. The third-order valence-corrected chi connectivity index (χ3v) is 3.96. The van der Waals surface area contributed by atoms with Gasteiger partial charge < -0.3 is 10.1 Å². The molecule has 3 aromatic carbocycles. The lowest BCUT2D eigenvalue weighted by atomic mass is 10.0. The first-order valence-corrected chi connectivity index (χ1v) is 8.46. The highest BCUT2D eigenvalue weighted by Crippen LogP contribution is 2.20. The molecule has 0 radical (unpaired) electrons. The van der Waals surface area contributed by atoms with Crippen molar-refractivity contribution in [3.05, 3.63) is 95.8 Å². The Morgan fingerprint density at radius 1 is 0.889 bits per heavy atom. The summed E-state index contributed by atoms with van der Waals surface area (Å²) in [5.41, 5.74) is 1.34. The van der Waals surface area contributed by atoms with Crippen LogP contribution in [0.5, 0.6) is 5.75 Å². The number of carbonyl (C=O) groups is 2. The van der Waals surface area contributed by atoms with Crippen molar-refractivity contribution in [2.45, 2.75) is 13.0 Å². The van der Waals surface area contributed by atoms with E-state index in [-0.39, 0.29) is 11.6 Å². The van der Waals surface area contributed by atoms with Gasteiger partial charge in [-0.05, 0) is 43.3 Å². The van der Waals surface area contributed by atoms with Gasteiger partial charge in [-0.3, -0.25) is 9.59 Å². The maximum absolute atomic E-state index is 13.0. The number of hydrogen-bond donors (Lipinski definition) is 1. The van der Waals surface area contributed by atoms with E-state index in [1.54, 1.807) is 55.5 Å². The lowest BCUT2D eigenvalue weighted by Gasteiger charge is -2.16. The minimum atomic E-state index is -0.824. The van der Waals surface area contributed by atoms with Gasteiger partial charge in [-0.1, -0.05) is 42.5 Å². The predicted molar refractivity (Wildman–Crippen MR) is 101 cm³/mol. The lowest BCUT2D eigenvalue weighted by molar-refractivity contribution is -0.122. The second-order valence-corrected chi connectivity index (χ2v) is 5.94. The average molecular weight is 363 g/mol. The first-order chi connectivity index (χ1) is 13.0. The second-order valence-electron chi connectivity index (χ2n) is 5.94. The molecule has 5 heteroatoms. The molecule has 0 aliphatic rings. The van der Waals surface area contributed by atoms with Gasteiger partial charge >= 0.3 is 0 Å². The number of amides is 1. The Bertz CT molecular complexity index is 939. The molecule has 1 amide bonds. The van der Waals surface area contributed by atoms with E-state index in [0.717, 1.165) is 0 Å². The average Bonchev–Trinajstić information content (AvgIpc) is 2.70. The van der Waals surface area contributed by atoms with E-state index in [2.05, 4.69) is 5.32 Å². The van der Waals surface area contributed by atoms with Gasteiger partial charge in [-0.2, -0.15) is 0 Å². The van der Waals surface area contributed by atoms with Crippen molar-refractivity contribution >= 4 is 17.4 Å². The Hall–Kier alpha value is -3.47. The van der Waals surface area contributed by atoms with Gasteiger partial charge in [-0.25, -0.2) is 4.39 Å². The van der Waals surface area contributed by atoms with Gasteiger partial charge in [0.2, 0.25) is 0 Å². The Balaban J connectivity index is 1.74. The number of ether oxygens (including phenoxy) is 1. The van der Waals surface area contributed by atoms with Crippen LogP contribution in [-0.4, -0.2) is 17.8 Å². The third-order valence-electron chi connectivity index (χ3n) is 3.96. The molecule has 27 heavy (non-hydrogen) atoms. The van der Waals surface area contributed by atoms with Gasteiger partial charge in [0.15, 0.2) is 11.9 Å². The highest BCUT2D eigenvalue weighted by atomic mass is 19.1. The molecule has 0 saturated heterocycles. The van der Waals surface area contributed by atoms with Gasteiger partial charge in [0, 0.05) is 11.1 Å². The second kappa shape index (κ2) is 8.27. The van der Waals surface area contributed by atoms with E-state index >= 15 is 0 Å². The zero-order valence-electron chi connectivity index (χ0n) is 14.7. The third kappa shape index (κ3) is 4.58. The minimum absolute atomic E-state index is 0.182. The number of nitrogens with one attached hydrogen (secondary N) is 1. The zero-order chi connectivity index (χ0) is 19.2. The molecule has 0 aliphatic heterocycles. The molecule has 0 aromatic heterocycles. The Kier molecular flexibility index (Phi) is 5.61. The molecule has 0 heterocycles. The van der Waals surface area contributed by atoms with Crippen LogP contribution in [0.2, 0.25) is 0 Å². The number of para-hydroxylation sites is 1. The van der Waals surface area contributed by atoms with Crippen molar-refractivity contribution in [3.63, 3.8) is 0 Å². The van der Waals surface area contributed by atoms with Crippen molar-refractivity contribution < 1.29 is 18.7 Å². The fraction of sp³-hybridized carbons (Fsp3) is 0.0909. The Morgan fingerprint density at radius 2 is 1.52 bits per heavy atom. The standard InChI is InChI=1S/C22H18FNO3/c1-15(27-18-13-11-17(23)12-14-18)22(26)24-20-10-6-5-9-19(20)21(25)16-7-3-2-4-8-16/h2-15H,1H3,(H,24,26)/t15-/m0/s1. The monoisotopic (exact) mass is 363 g/mol. The summed E-state index contributed by atoms with van der Waals surface area (Å²) in [6.45, 7) is 1.58. The van der Waals surface area contributed by atoms with Crippen molar-refractivity contribution in [1.82, 2.24) is 0 Å². The highest BCUT2D eigenvalue weighted by molar-refractivity contribution is 6.14. The summed E-state index contributed by atoms with van der Waals surface area (Å²) in [6, 6.07) is 21.1. The summed E-state index contributed by atoms with van der Waals surface area (Å²) >= 11 is 0. The maximum Gasteiger partial charge on any atom is 0.265 e. The number of ketones is 1. The van der Waals surface area contributed by atoms with Crippen LogP contribution in [0.1, 0.15) is 22.8 Å². The van der Waals surface area contributed by atoms with Crippen LogP contribution < -0.4 is 10.1 Å². The van der Waals surface area contributed by atoms with Crippen LogP contribution in [0.4, 0.5) is 10.1 Å². The van der Waals surface area contributed by atoms with E-state index in [4.69, 9.17) is 4.74 Å². The molecule has 3 aromatic rings. The van der Waals surface area contributed by atoms with Crippen LogP contribution in [0.15, 0.2) is 78.9 Å². The minimum Gasteiger partial charge on any atom is -0.481 e. The molecule has 3 rings (SSSR count). The van der Waals surface area contributed by atoms with Crippen LogP contribution in [0, 0.1) is 5.82 Å². The fourth-order valence-corrected chi connectivity index (χ4v) is 2.54. The topological polar surface area (TPSA) is 55.4 Å². The molecule has 4 nitrogen and oxygen atoms in total. The van der Waals surface area contributed by atoms with E-state index in [0.29, 0.717) is 22.6 Å². The first kappa shape index (κ1) is 18.3. The molecular weight excluding hydrogens is 345 g/mol. The SMILES string of the molecule is C[C@H](Oc1ccc(F)cc1)C(=O)Nc1ccccc1C(=O)c1ccccc1. The fourth-order valence-electron chi connectivity index (χ4n) is 2.54. The van der Waals surface area contributed by atoms with Crippen LogP contribution >= 0.6 is 0 Å². The summed E-state index contributed by atoms with van der Waals surface area (Å²) in [6.07, 6.45) is -0.824. The van der Waals surface area contributed by atoms with E-state index < -0.39 is 12.0 Å². The molecule has 136 valence electrons. The van der Waals surface area contributed by atoms with Crippen molar-refractivity contribution in [2.75, 3.05) is 5.32 Å². The van der Waals surface area contributed by atoms with E-state index in [1.807, 2.05) is 6.07 Å². The summed E-state index contributed by atoms with van der Waals surface area (Å²) in [4.78, 5) is 25.2. The van der Waals surface area contributed by atoms with Crippen molar-refractivity contribution in [2.24, 2.45) is 0 Å². The predicted octanol–water partition coefficient (Wildman–Crippen LogP) is 4.46. The number of benzene rings is 3. The smallest absolute Gasteiger partial charge is 0.265 e. The van der Waals surface area contributed by atoms with Crippen LogP contribution in [0.3, 0.4) is 0 Å². The quantitative estimate of drug-likeness (QED) is 0.658.